The van der Waals surface area contributed by atoms with Crippen molar-refractivity contribution in [2.45, 2.75) is 58.1 Å². The zero-order chi connectivity index (χ0) is 15.0. The third kappa shape index (κ3) is 6.49. The van der Waals surface area contributed by atoms with Gasteiger partial charge < -0.3 is 10.1 Å². The van der Waals surface area contributed by atoms with Crippen LogP contribution in [-0.4, -0.2) is 25.3 Å². The molecule has 0 aliphatic heterocycles. The Kier molecular flexibility index (Phi) is 7.17. The molecule has 0 aliphatic rings. The number of halogens is 1. The minimum absolute atomic E-state index is 0.103. The van der Waals surface area contributed by atoms with Crippen LogP contribution in [0, 0.1) is 5.82 Å². The maximum absolute atomic E-state index is 13.3. The maximum Gasteiger partial charge on any atom is 0.123 e. The molecule has 114 valence electrons. The number of hydrogen-bond acceptors (Lipinski definition) is 2. The summed E-state index contributed by atoms with van der Waals surface area (Å²) in [6.07, 6.45) is 3.97. The van der Waals surface area contributed by atoms with Crippen LogP contribution in [0.3, 0.4) is 0 Å². The van der Waals surface area contributed by atoms with Crippen molar-refractivity contribution < 1.29 is 9.13 Å². The molecule has 20 heavy (non-hydrogen) atoms. The molecular formula is C17H28FNO. The predicted octanol–water partition coefficient (Wildman–Crippen LogP) is 3.94. The molecule has 0 saturated heterocycles. The molecule has 1 N–H and O–H groups in total. The summed E-state index contributed by atoms with van der Waals surface area (Å²) in [6, 6.07) is 7.26. The predicted molar refractivity (Wildman–Crippen MR) is 82.5 cm³/mol. The van der Waals surface area contributed by atoms with Gasteiger partial charge in [0.15, 0.2) is 0 Å². The first-order chi connectivity index (χ1) is 9.46. The van der Waals surface area contributed by atoms with Gasteiger partial charge in [-0.15, -0.1) is 0 Å². The quantitative estimate of drug-likeness (QED) is 0.740. The molecule has 0 bridgehead atoms. The summed E-state index contributed by atoms with van der Waals surface area (Å²) in [5.41, 5.74) is 0.947. The standard InChI is InChI=1S/C17H28FNO/c1-5-11-19-16(9-10-17(2,3)20-4)13-14-7-6-8-15(18)12-14/h6-8,12,16,19H,5,9-11,13H2,1-4H3. The Labute approximate surface area is 122 Å². The molecule has 0 radical (unpaired) electrons. The molecule has 0 fully saturated rings. The van der Waals surface area contributed by atoms with Gasteiger partial charge in [-0.2, -0.15) is 0 Å². The second kappa shape index (κ2) is 8.38. The summed E-state index contributed by atoms with van der Waals surface area (Å²) in [7, 11) is 1.75. The van der Waals surface area contributed by atoms with E-state index >= 15 is 0 Å². The zero-order valence-electron chi connectivity index (χ0n) is 13.2. The lowest BCUT2D eigenvalue weighted by atomic mass is 9.95. The van der Waals surface area contributed by atoms with Crippen LogP contribution in [-0.2, 0) is 11.2 Å². The van der Waals surface area contributed by atoms with Gasteiger partial charge in [0.05, 0.1) is 5.60 Å². The Morgan fingerprint density at radius 1 is 1.35 bits per heavy atom. The van der Waals surface area contributed by atoms with E-state index < -0.39 is 0 Å². The highest BCUT2D eigenvalue weighted by Crippen LogP contribution is 2.18. The second-order valence-corrected chi connectivity index (χ2v) is 5.99. The van der Waals surface area contributed by atoms with Crippen LogP contribution in [0.5, 0.6) is 0 Å². The molecule has 0 amide bonds. The van der Waals surface area contributed by atoms with Crippen LogP contribution in [0.1, 0.15) is 45.6 Å². The van der Waals surface area contributed by atoms with E-state index in [0.29, 0.717) is 6.04 Å². The molecule has 0 heterocycles. The van der Waals surface area contributed by atoms with Crippen molar-refractivity contribution in [1.29, 1.82) is 0 Å². The monoisotopic (exact) mass is 281 g/mol. The Hall–Kier alpha value is -0.930. The first-order valence-corrected chi connectivity index (χ1v) is 7.50. The highest BCUT2D eigenvalue weighted by molar-refractivity contribution is 5.17. The fourth-order valence-electron chi connectivity index (χ4n) is 2.20. The van der Waals surface area contributed by atoms with Crippen molar-refractivity contribution in [2.75, 3.05) is 13.7 Å². The van der Waals surface area contributed by atoms with Crippen molar-refractivity contribution in [3.8, 4) is 0 Å². The molecule has 1 unspecified atom stereocenters. The third-order valence-electron chi connectivity index (χ3n) is 3.70. The van der Waals surface area contributed by atoms with Crippen LogP contribution < -0.4 is 5.32 Å². The molecule has 2 nitrogen and oxygen atoms in total. The van der Waals surface area contributed by atoms with Gasteiger partial charge in [0.2, 0.25) is 0 Å². The molecule has 0 aliphatic carbocycles. The average Bonchev–Trinajstić information content (AvgIpc) is 2.42. The number of methoxy groups -OCH3 is 1. The van der Waals surface area contributed by atoms with Crippen LogP contribution in [0.2, 0.25) is 0 Å². The van der Waals surface area contributed by atoms with Gasteiger partial charge >= 0.3 is 0 Å². The number of ether oxygens (including phenoxy) is 1. The van der Waals surface area contributed by atoms with Crippen molar-refractivity contribution in [2.24, 2.45) is 0 Å². The molecule has 3 heteroatoms. The fraction of sp³-hybridized carbons (Fsp3) is 0.647. The van der Waals surface area contributed by atoms with E-state index in [2.05, 4.69) is 26.1 Å². The molecular weight excluding hydrogens is 253 g/mol. The lowest BCUT2D eigenvalue weighted by Crippen LogP contribution is -2.34. The minimum Gasteiger partial charge on any atom is -0.379 e. The Morgan fingerprint density at radius 3 is 2.70 bits per heavy atom. The summed E-state index contributed by atoms with van der Waals surface area (Å²) in [5, 5.41) is 3.56. The first kappa shape index (κ1) is 17.1. The Bertz CT molecular complexity index is 392. The highest BCUT2D eigenvalue weighted by Gasteiger charge is 2.19. The SMILES string of the molecule is CCCNC(CCC(C)(C)OC)Cc1cccc(F)c1. The number of nitrogens with one attached hydrogen (secondary N) is 1. The van der Waals surface area contributed by atoms with Gasteiger partial charge in [0.1, 0.15) is 5.82 Å². The molecule has 1 rings (SSSR count). The van der Waals surface area contributed by atoms with Gasteiger partial charge in [-0.05, 0) is 63.8 Å². The van der Waals surface area contributed by atoms with E-state index in [1.165, 1.54) is 6.07 Å². The molecule has 0 saturated carbocycles. The molecule has 0 spiro atoms. The van der Waals surface area contributed by atoms with Crippen LogP contribution in [0.15, 0.2) is 24.3 Å². The van der Waals surface area contributed by atoms with Gasteiger partial charge in [-0.1, -0.05) is 19.1 Å². The van der Waals surface area contributed by atoms with Gasteiger partial charge in [0.25, 0.3) is 0 Å². The highest BCUT2D eigenvalue weighted by atomic mass is 19.1. The molecule has 0 aromatic heterocycles. The molecule has 1 aromatic carbocycles. The first-order valence-electron chi connectivity index (χ1n) is 7.50. The van der Waals surface area contributed by atoms with Crippen LogP contribution in [0.4, 0.5) is 4.39 Å². The van der Waals surface area contributed by atoms with Crippen molar-refractivity contribution in [3.05, 3.63) is 35.6 Å². The van der Waals surface area contributed by atoms with Crippen molar-refractivity contribution >= 4 is 0 Å². The topological polar surface area (TPSA) is 21.3 Å². The largest absolute Gasteiger partial charge is 0.379 e. The van der Waals surface area contributed by atoms with Crippen LogP contribution >= 0.6 is 0 Å². The van der Waals surface area contributed by atoms with E-state index in [0.717, 1.165) is 37.8 Å². The van der Waals surface area contributed by atoms with E-state index in [1.807, 2.05) is 6.07 Å². The number of benzene rings is 1. The molecule has 1 atom stereocenters. The van der Waals surface area contributed by atoms with Crippen LogP contribution in [0.25, 0.3) is 0 Å². The van der Waals surface area contributed by atoms with Gasteiger partial charge in [0, 0.05) is 13.2 Å². The maximum atomic E-state index is 13.3. The molecule has 1 aromatic rings. The number of rotatable bonds is 9. The lowest BCUT2D eigenvalue weighted by molar-refractivity contribution is 0.0117. The van der Waals surface area contributed by atoms with E-state index in [4.69, 9.17) is 4.74 Å². The smallest absolute Gasteiger partial charge is 0.123 e. The lowest BCUT2D eigenvalue weighted by Gasteiger charge is -2.26. The third-order valence-corrected chi connectivity index (χ3v) is 3.70. The fourth-order valence-corrected chi connectivity index (χ4v) is 2.20. The average molecular weight is 281 g/mol. The summed E-state index contributed by atoms with van der Waals surface area (Å²) in [5.74, 6) is -0.158. The van der Waals surface area contributed by atoms with Gasteiger partial charge in [-0.3, -0.25) is 0 Å². The minimum atomic E-state index is -0.158. The summed E-state index contributed by atoms with van der Waals surface area (Å²) in [6.45, 7) is 7.36. The Balaban J connectivity index is 2.59. The summed E-state index contributed by atoms with van der Waals surface area (Å²) < 4.78 is 18.7. The summed E-state index contributed by atoms with van der Waals surface area (Å²) in [4.78, 5) is 0. The number of hydrogen-bond donors (Lipinski definition) is 1. The summed E-state index contributed by atoms with van der Waals surface area (Å²) >= 11 is 0. The van der Waals surface area contributed by atoms with E-state index in [1.54, 1.807) is 19.2 Å². The second-order valence-electron chi connectivity index (χ2n) is 5.99. The zero-order valence-corrected chi connectivity index (χ0v) is 13.2. The van der Waals surface area contributed by atoms with E-state index in [-0.39, 0.29) is 11.4 Å². The van der Waals surface area contributed by atoms with Crippen molar-refractivity contribution in [1.82, 2.24) is 5.32 Å². The van der Waals surface area contributed by atoms with Crippen molar-refractivity contribution in [3.63, 3.8) is 0 Å². The normalized spacial score (nSPS) is 13.4. The van der Waals surface area contributed by atoms with Gasteiger partial charge in [-0.25, -0.2) is 4.39 Å². The Morgan fingerprint density at radius 2 is 2.10 bits per heavy atom. The van der Waals surface area contributed by atoms with E-state index in [9.17, 15) is 4.39 Å².